The lowest BCUT2D eigenvalue weighted by atomic mass is 9.94. The first-order valence-corrected chi connectivity index (χ1v) is 10.8. The van der Waals surface area contributed by atoms with Crippen LogP contribution in [0.3, 0.4) is 0 Å². The Kier molecular flexibility index (Phi) is 5.49. The summed E-state index contributed by atoms with van der Waals surface area (Å²) in [4.78, 5) is 12.4. The Morgan fingerprint density at radius 1 is 0.941 bits per heavy atom. The Bertz CT molecular complexity index is 1270. The van der Waals surface area contributed by atoms with E-state index in [2.05, 4.69) is 0 Å². The summed E-state index contributed by atoms with van der Waals surface area (Å²) in [5, 5.41) is 16.9. The summed E-state index contributed by atoms with van der Waals surface area (Å²) < 4.78 is 22.8. The highest BCUT2D eigenvalue weighted by Gasteiger charge is 2.44. The van der Waals surface area contributed by atoms with Crippen molar-refractivity contribution in [3.05, 3.63) is 82.9 Å². The molecule has 2 heterocycles. The van der Waals surface area contributed by atoms with Crippen molar-refractivity contribution in [1.29, 1.82) is 0 Å². The number of carbonyl (C=O) groups is 1. The van der Waals surface area contributed by atoms with E-state index < -0.39 is 12.2 Å². The molecule has 5 rings (SSSR count). The van der Waals surface area contributed by atoms with E-state index in [0.717, 1.165) is 16.8 Å². The Hall–Kier alpha value is -4.20. The molecule has 3 aromatic rings. The van der Waals surface area contributed by atoms with Crippen molar-refractivity contribution in [2.75, 3.05) is 21.3 Å². The molecule has 0 saturated carbocycles. The number of nitrogens with zero attached hydrogens (tertiary/aromatic N) is 2. The van der Waals surface area contributed by atoms with Gasteiger partial charge in [-0.15, -0.1) is 0 Å². The first kappa shape index (κ1) is 21.6. The van der Waals surface area contributed by atoms with Gasteiger partial charge in [0.2, 0.25) is 6.23 Å². The normalized spacial score (nSPS) is 18.3. The third kappa shape index (κ3) is 3.39. The van der Waals surface area contributed by atoms with E-state index in [1.54, 1.807) is 19.2 Å². The molecule has 3 aromatic carbocycles. The SMILES string of the molecule is COc1cccc2c1O[C@@H](c1ccc(OC)c(OC)c1C(=O)O)N1N=C(c3ccccc3)C[C@H]21. The Morgan fingerprint density at radius 2 is 1.71 bits per heavy atom. The van der Waals surface area contributed by atoms with Crippen LogP contribution in [0.4, 0.5) is 0 Å². The number of para-hydroxylation sites is 1. The predicted octanol–water partition coefficient (Wildman–Crippen LogP) is 4.65. The first-order chi connectivity index (χ1) is 16.6. The van der Waals surface area contributed by atoms with Gasteiger partial charge < -0.3 is 24.1 Å². The average molecular weight is 460 g/mol. The second kappa shape index (κ2) is 8.62. The molecular formula is C26H24N2O6. The van der Waals surface area contributed by atoms with Gasteiger partial charge in [-0.05, 0) is 23.8 Å². The molecule has 2 aliphatic heterocycles. The highest BCUT2D eigenvalue weighted by atomic mass is 16.5. The molecule has 8 heteroatoms. The molecule has 2 aliphatic rings. The lowest BCUT2D eigenvalue weighted by Crippen LogP contribution is -2.35. The zero-order valence-electron chi connectivity index (χ0n) is 19.0. The summed E-state index contributed by atoms with van der Waals surface area (Å²) in [6.07, 6.45) is -0.180. The van der Waals surface area contributed by atoms with Crippen LogP contribution in [-0.2, 0) is 0 Å². The van der Waals surface area contributed by atoms with Crippen LogP contribution in [0.2, 0.25) is 0 Å². The zero-order chi connectivity index (χ0) is 23.8. The van der Waals surface area contributed by atoms with E-state index in [4.69, 9.17) is 24.0 Å². The van der Waals surface area contributed by atoms with Gasteiger partial charge in [-0.2, -0.15) is 5.10 Å². The number of rotatable bonds is 6. The first-order valence-electron chi connectivity index (χ1n) is 10.8. The maximum atomic E-state index is 12.4. The molecule has 2 atom stereocenters. The fraction of sp³-hybridized carbons (Fsp3) is 0.231. The van der Waals surface area contributed by atoms with Gasteiger partial charge in [0.25, 0.3) is 0 Å². The van der Waals surface area contributed by atoms with Gasteiger partial charge in [0, 0.05) is 17.5 Å². The fourth-order valence-corrected chi connectivity index (χ4v) is 4.62. The zero-order valence-corrected chi connectivity index (χ0v) is 19.0. The number of carboxylic acid groups (broad SMARTS) is 1. The molecule has 0 aliphatic carbocycles. The molecule has 34 heavy (non-hydrogen) atoms. The van der Waals surface area contributed by atoms with E-state index in [-0.39, 0.29) is 17.4 Å². The standard InChI is InChI=1S/C26H24N2O6/c1-31-20-11-7-10-16-19-14-18(15-8-5-4-6-9-15)27-28(19)25(34-23(16)20)17-12-13-21(32-2)24(33-3)22(17)26(29)30/h4-13,19,25H,14H2,1-3H3,(H,29,30)/t19-,25+/m1/s1. The van der Waals surface area contributed by atoms with E-state index in [9.17, 15) is 9.90 Å². The smallest absolute Gasteiger partial charge is 0.340 e. The van der Waals surface area contributed by atoms with E-state index in [1.165, 1.54) is 14.2 Å². The molecule has 0 amide bonds. The number of fused-ring (bicyclic) bond motifs is 3. The van der Waals surface area contributed by atoms with E-state index >= 15 is 0 Å². The third-order valence-corrected chi connectivity index (χ3v) is 6.16. The minimum absolute atomic E-state index is 0.0349. The summed E-state index contributed by atoms with van der Waals surface area (Å²) >= 11 is 0. The van der Waals surface area contributed by atoms with Gasteiger partial charge in [-0.3, -0.25) is 0 Å². The number of hydrazone groups is 1. The number of hydrogen-bond donors (Lipinski definition) is 1. The van der Waals surface area contributed by atoms with Crippen molar-refractivity contribution in [3.8, 4) is 23.0 Å². The molecule has 8 nitrogen and oxygen atoms in total. The van der Waals surface area contributed by atoms with Gasteiger partial charge in [0.15, 0.2) is 23.0 Å². The van der Waals surface area contributed by atoms with E-state index in [1.807, 2.05) is 53.5 Å². The molecule has 174 valence electrons. The maximum Gasteiger partial charge on any atom is 0.340 e. The average Bonchev–Trinajstić information content (AvgIpc) is 3.33. The third-order valence-electron chi connectivity index (χ3n) is 6.16. The summed E-state index contributed by atoms with van der Waals surface area (Å²) in [5.41, 5.74) is 3.21. The Labute approximate surface area is 196 Å². The highest BCUT2D eigenvalue weighted by molar-refractivity contribution is 6.02. The molecule has 0 radical (unpaired) electrons. The van der Waals surface area contributed by atoms with Crippen molar-refractivity contribution < 1.29 is 28.8 Å². The second-order valence-corrected chi connectivity index (χ2v) is 7.93. The van der Waals surface area contributed by atoms with E-state index in [0.29, 0.717) is 29.2 Å². The van der Waals surface area contributed by atoms with Crippen LogP contribution in [0.25, 0.3) is 0 Å². The minimum atomic E-state index is -1.15. The van der Waals surface area contributed by atoms with Gasteiger partial charge in [-0.25, -0.2) is 9.80 Å². The Balaban J connectivity index is 1.71. The van der Waals surface area contributed by atoms with Gasteiger partial charge >= 0.3 is 5.97 Å². The molecule has 1 N–H and O–H groups in total. The quantitative estimate of drug-likeness (QED) is 0.573. The second-order valence-electron chi connectivity index (χ2n) is 7.93. The lowest BCUT2D eigenvalue weighted by molar-refractivity contribution is -0.0217. The van der Waals surface area contributed by atoms with Crippen LogP contribution in [-0.4, -0.2) is 43.1 Å². The van der Waals surface area contributed by atoms with Crippen LogP contribution in [0.1, 0.15) is 45.7 Å². The summed E-state index contributed by atoms with van der Waals surface area (Å²) in [6.45, 7) is 0. The van der Waals surface area contributed by atoms with Crippen LogP contribution in [0, 0.1) is 0 Å². The van der Waals surface area contributed by atoms with Crippen LogP contribution in [0.5, 0.6) is 23.0 Å². The molecule has 0 spiro atoms. The topological polar surface area (TPSA) is 89.8 Å². The lowest BCUT2D eigenvalue weighted by Gasteiger charge is -2.39. The molecule has 0 fully saturated rings. The fourth-order valence-electron chi connectivity index (χ4n) is 4.62. The van der Waals surface area contributed by atoms with Gasteiger partial charge in [0.05, 0.1) is 33.1 Å². The van der Waals surface area contributed by atoms with Crippen molar-refractivity contribution in [2.45, 2.75) is 18.7 Å². The number of methoxy groups -OCH3 is 3. The number of carboxylic acids is 1. The molecule has 0 aromatic heterocycles. The predicted molar refractivity (Wildman–Crippen MR) is 125 cm³/mol. The number of aromatic carboxylic acids is 1. The number of hydrogen-bond acceptors (Lipinski definition) is 7. The Morgan fingerprint density at radius 3 is 2.38 bits per heavy atom. The molecule has 0 bridgehead atoms. The molecule has 0 unspecified atom stereocenters. The monoisotopic (exact) mass is 460 g/mol. The van der Waals surface area contributed by atoms with Crippen LogP contribution < -0.4 is 18.9 Å². The summed E-state index contributed by atoms with van der Waals surface area (Å²) in [7, 11) is 4.47. The van der Waals surface area contributed by atoms with Gasteiger partial charge in [0.1, 0.15) is 5.56 Å². The number of ether oxygens (including phenoxy) is 4. The van der Waals surface area contributed by atoms with Crippen molar-refractivity contribution in [2.24, 2.45) is 5.10 Å². The number of benzene rings is 3. The molecular weight excluding hydrogens is 436 g/mol. The maximum absolute atomic E-state index is 12.4. The van der Waals surface area contributed by atoms with Gasteiger partial charge in [-0.1, -0.05) is 42.5 Å². The highest BCUT2D eigenvalue weighted by Crippen LogP contribution is 2.52. The minimum Gasteiger partial charge on any atom is -0.493 e. The van der Waals surface area contributed by atoms with Crippen LogP contribution in [0.15, 0.2) is 65.8 Å². The van der Waals surface area contributed by atoms with Crippen molar-refractivity contribution in [3.63, 3.8) is 0 Å². The summed E-state index contributed by atoms with van der Waals surface area (Å²) in [6, 6.07) is 18.9. The van der Waals surface area contributed by atoms with Crippen molar-refractivity contribution >= 4 is 11.7 Å². The molecule has 0 saturated heterocycles. The van der Waals surface area contributed by atoms with Crippen molar-refractivity contribution in [1.82, 2.24) is 5.01 Å². The van der Waals surface area contributed by atoms with Crippen LogP contribution >= 0.6 is 0 Å². The summed E-state index contributed by atoms with van der Waals surface area (Å²) in [5.74, 6) is 0.455. The largest absolute Gasteiger partial charge is 0.493 e.